The standard InChI is InChI=1S/C21H20O/c1-20(2)13-18(16-10-6-7-11-17(16)20)21(3)12-14-8-4-5-9-15(14)19(21)22/h4-11,13H,12H2,1-3H3. The highest BCUT2D eigenvalue weighted by atomic mass is 16.1. The first kappa shape index (κ1) is 13.5. The average Bonchev–Trinajstić information content (AvgIpc) is 2.94. The summed E-state index contributed by atoms with van der Waals surface area (Å²) in [4.78, 5) is 13.1. The molecule has 0 saturated heterocycles. The lowest BCUT2D eigenvalue weighted by molar-refractivity contribution is 0.0900. The van der Waals surface area contributed by atoms with Crippen LogP contribution in [0.5, 0.6) is 0 Å². The minimum atomic E-state index is -0.437. The second kappa shape index (κ2) is 4.19. The van der Waals surface area contributed by atoms with Gasteiger partial charge in [0.25, 0.3) is 0 Å². The van der Waals surface area contributed by atoms with E-state index in [9.17, 15) is 4.79 Å². The first-order valence-corrected chi connectivity index (χ1v) is 7.89. The van der Waals surface area contributed by atoms with Crippen LogP contribution in [0.3, 0.4) is 0 Å². The van der Waals surface area contributed by atoms with Crippen molar-refractivity contribution >= 4 is 11.4 Å². The Morgan fingerprint density at radius 3 is 2.23 bits per heavy atom. The van der Waals surface area contributed by atoms with Crippen molar-refractivity contribution < 1.29 is 4.79 Å². The van der Waals surface area contributed by atoms with E-state index < -0.39 is 5.41 Å². The molecule has 1 atom stereocenters. The van der Waals surface area contributed by atoms with Gasteiger partial charge in [0, 0.05) is 11.0 Å². The third-order valence-corrected chi connectivity index (χ3v) is 5.32. The van der Waals surface area contributed by atoms with Crippen molar-refractivity contribution in [2.24, 2.45) is 5.41 Å². The van der Waals surface area contributed by atoms with Crippen LogP contribution in [-0.4, -0.2) is 5.78 Å². The van der Waals surface area contributed by atoms with Crippen LogP contribution in [0.4, 0.5) is 0 Å². The van der Waals surface area contributed by atoms with Crippen LogP contribution >= 0.6 is 0 Å². The highest BCUT2D eigenvalue weighted by Gasteiger charge is 2.47. The Morgan fingerprint density at radius 2 is 1.50 bits per heavy atom. The Morgan fingerprint density at radius 1 is 0.864 bits per heavy atom. The molecular weight excluding hydrogens is 268 g/mol. The molecule has 1 unspecified atom stereocenters. The maximum atomic E-state index is 13.1. The maximum Gasteiger partial charge on any atom is 0.173 e. The number of carbonyl (C=O) groups excluding carboxylic acids is 1. The molecule has 4 rings (SSSR count). The Bertz CT molecular complexity index is 825. The predicted molar refractivity (Wildman–Crippen MR) is 90.0 cm³/mol. The molecule has 0 amide bonds. The summed E-state index contributed by atoms with van der Waals surface area (Å²) < 4.78 is 0. The number of rotatable bonds is 1. The van der Waals surface area contributed by atoms with Gasteiger partial charge in [-0.3, -0.25) is 4.79 Å². The van der Waals surface area contributed by atoms with E-state index >= 15 is 0 Å². The summed E-state index contributed by atoms with van der Waals surface area (Å²) in [5, 5.41) is 0. The van der Waals surface area contributed by atoms with Crippen LogP contribution in [0.2, 0.25) is 0 Å². The lowest BCUT2D eigenvalue weighted by atomic mass is 9.76. The number of allylic oxidation sites excluding steroid dienone is 2. The Kier molecular flexibility index (Phi) is 2.57. The second-order valence-corrected chi connectivity index (χ2v) is 7.32. The lowest BCUT2D eigenvalue weighted by Gasteiger charge is -2.25. The van der Waals surface area contributed by atoms with Crippen molar-refractivity contribution in [1.82, 2.24) is 0 Å². The largest absolute Gasteiger partial charge is 0.293 e. The quantitative estimate of drug-likeness (QED) is 0.736. The van der Waals surface area contributed by atoms with Crippen molar-refractivity contribution in [3.8, 4) is 0 Å². The fourth-order valence-electron chi connectivity index (χ4n) is 4.12. The van der Waals surface area contributed by atoms with Gasteiger partial charge in [0.05, 0.1) is 5.41 Å². The first-order chi connectivity index (χ1) is 10.4. The van der Waals surface area contributed by atoms with E-state index in [1.807, 2.05) is 18.2 Å². The molecule has 2 aromatic carbocycles. The molecule has 1 heteroatoms. The fraction of sp³-hybridized carbons (Fsp3) is 0.286. The van der Waals surface area contributed by atoms with Gasteiger partial charge in [-0.15, -0.1) is 0 Å². The zero-order valence-electron chi connectivity index (χ0n) is 13.3. The fourth-order valence-corrected chi connectivity index (χ4v) is 4.12. The Balaban J connectivity index is 1.89. The van der Waals surface area contributed by atoms with Gasteiger partial charge in [-0.1, -0.05) is 68.5 Å². The molecular formula is C21H20O. The van der Waals surface area contributed by atoms with Gasteiger partial charge in [0.15, 0.2) is 5.78 Å². The van der Waals surface area contributed by atoms with Gasteiger partial charge < -0.3 is 0 Å². The van der Waals surface area contributed by atoms with Crippen molar-refractivity contribution in [3.05, 3.63) is 76.9 Å². The summed E-state index contributed by atoms with van der Waals surface area (Å²) in [5.41, 5.74) is 5.41. The maximum absolute atomic E-state index is 13.1. The predicted octanol–water partition coefficient (Wildman–Crippen LogP) is 4.81. The zero-order chi connectivity index (χ0) is 15.5. The summed E-state index contributed by atoms with van der Waals surface area (Å²) in [7, 11) is 0. The number of carbonyl (C=O) groups is 1. The van der Waals surface area contributed by atoms with Crippen molar-refractivity contribution in [2.75, 3.05) is 0 Å². The average molecular weight is 288 g/mol. The monoisotopic (exact) mass is 288 g/mol. The first-order valence-electron chi connectivity index (χ1n) is 7.89. The molecule has 0 N–H and O–H groups in total. The molecule has 2 aliphatic rings. The van der Waals surface area contributed by atoms with E-state index in [0.29, 0.717) is 0 Å². The van der Waals surface area contributed by atoms with Gasteiger partial charge in [0.1, 0.15) is 0 Å². The molecule has 22 heavy (non-hydrogen) atoms. The van der Waals surface area contributed by atoms with Crippen LogP contribution in [0.15, 0.2) is 54.6 Å². The molecule has 0 aromatic heterocycles. The Hall–Kier alpha value is -2.15. The SMILES string of the molecule is CC1(C2=CC(C)(C)c3ccccc32)Cc2ccccc2C1=O. The molecule has 110 valence electrons. The van der Waals surface area contributed by atoms with Gasteiger partial charge in [0.2, 0.25) is 0 Å². The normalized spacial score (nSPS) is 24.9. The van der Waals surface area contributed by atoms with E-state index in [-0.39, 0.29) is 11.2 Å². The molecule has 0 saturated carbocycles. The van der Waals surface area contributed by atoms with Gasteiger partial charge in [-0.2, -0.15) is 0 Å². The summed E-state index contributed by atoms with van der Waals surface area (Å²) in [5.74, 6) is 0.266. The third kappa shape index (κ3) is 1.62. The number of ketones is 1. The van der Waals surface area contributed by atoms with Gasteiger partial charge in [-0.25, -0.2) is 0 Å². The summed E-state index contributed by atoms with van der Waals surface area (Å²) in [6.07, 6.45) is 3.11. The summed E-state index contributed by atoms with van der Waals surface area (Å²) in [6.45, 7) is 6.57. The summed E-state index contributed by atoms with van der Waals surface area (Å²) >= 11 is 0. The molecule has 0 spiro atoms. The second-order valence-electron chi connectivity index (χ2n) is 7.32. The van der Waals surface area contributed by atoms with E-state index in [1.54, 1.807) is 0 Å². The van der Waals surface area contributed by atoms with Crippen molar-refractivity contribution in [2.45, 2.75) is 32.6 Å². The summed E-state index contributed by atoms with van der Waals surface area (Å²) in [6, 6.07) is 16.6. The van der Waals surface area contributed by atoms with Crippen molar-refractivity contribution in [1.29, 1.82) is 0 Å². The zero-order valence-corrected chi connectivity index (χ0v) is 13.3. The highest BCUT2D eigenvalue weighted by molar-refractivity contribution is 6.12. The minimum absolute atomic E-state index is 0.00993. The minimum Gasteiger partial charge on any atom is -0.293 e. The molecule has 0 aliphatic heterocycles. The van der Waals surface area contributed by atoms with Gasteiger partial charge in [-0.05, 0) is 35.6 Å². The molecule has 2 aliphatic carbocycles. The van der Waals surface area contributed by atoms with E-state index in [2.05, 4.69) is 57.2 Å². The number of benzene rings is 2. The van der Waals surface area contributed by atoms with E-state index in [4.69, 9.17) is 0 Å². The van der Waals surface area contributed by atoms with Gasteiger partial charge >= 0.3 is 0 Å². The number of hydrogen-bond donors (Lipinski definition) is 0. The molecule has 0 radical (unpaired) electrons. The smallest absolute Gasteiger partial charge is 0.173 e. The van der Waals surface area contributed by atoms with Crippen molar-refractivity contribution in [3.63, 3.8) is 0 Å². The van der Waals surface area contributed by atoms with Crippen LogP contribution in [-0.2, 0) is 11.8 Å². The number of hydrogen-bond acceptors (Lipinski definition) is 1. The lowest BCUT2D eigenvalue weighted by Crippen LogP contribution is -2.25. The van der Waals surface area contributed by atoms with E-state index in [1.165, 1.54) is 22.3 Å². The topological polar surface area (TPSA) is 17.1 Å². The number of fused-ring (bicyclic) bond motifs is 2. The molecule has 0 bridgehead atoms. The van der Waals surface area contributed by atoms with Crippen LogP contribution in [0.25, 0.3) is 5.57 Å². The number of Topliss-reactive ketones (excluding diaryl/α,β-unsaturated/α-hetero) is 1. The Labute approximate surface area is 131 Å². The highest BCUT2D eigenvalue weighted by Crippen LogP contribution is 2.52. The van der Waals surface area contributed by atoms with Crippen LogP contribution in [0, 0.1) is 5.41 Å². The molecule has 0 heterocycles. The van der Waals surface area contributed by atoms with Crippen LogP contribution < -0.4 is 0 Å². The van der Waals surface area contributed by atoms with Crippen LogP contribution in [0.1, 0.15) is 47.8 Å². The molecule has 1 nitrogen and oxygen atoms in total. The molecule has 0 fully saturated rings. The third-order valence-electron chi connectivity index (χ3n) is 5.32. The molecule has 2 aromatic rings. The van der Waals surface area contributed by atoms with E-state index in [0.717, 1.165) is 12.0 Å².